The number of fused-ring (bicyclic) bond motifs is 1. The Morgan fingerprint density at radius 2 is 2.00 bits per heavy atom. The van der Waals surface area contributed by atoms with Crippen molar-refractivity contribution in [3.05, 3.63) is 60.7 Å². The molecule has 0 aliphatic carbocycles. The summed E-state index contributed by atoms with van der Waals surface area (Å²) in [5, 5.41) is 1.01. The Morgan fingerprint density at radius 3 is 2.88 bits per heavy atom. The maximum absolute atomic E-state index is 4.37. The third kappa shape index (κ3) is 2.31. The van der Waals surface area contributed by atoms with E-state index in [0.29, 0.717) is 0 Å². The van der Waals surface area contributed by atoms with E-state index < -0.39 is 0 Å². The Morgan fingerprint density at radius 1 is 1.12 bits per heavy atom. The highest BCUT2D eigenvalue weighted by molar-refractivity contribution is 7.98. The monoisotopic (exact) mass is 241 g/mol. The standard InChI is InChI=1S/C13H11N3S/c1-2-4-11(5-3-1)10-17-13-9-16-7-6-14-12(16)8-15-13/h1-9H,10H2. The van der Waals surface area contributed by atoms with Crippen LogP contribution in [0.15, 0.2) is 60.1 Å². The number of hydrogen-bond donors (Lipinski definition) is 0. The Bertz CT molecular complexity index is 619. The molecule has 1 aromatic carbocycles. The number of thioether (sulfide) groups is 1. The lowest BCUT2D eigenvalue weighted by molar-refractivity contribution is 1.02. The Hall–Kier alpha value is -1.81. The molecular weight excluding hydrogens is 230 g/mol. The molecule has 3 nitrogen and oxygen atoms in total. The minimum absolute atomic E-state index is 0.883. The van der Waals surface area contributed by atoms with Crippen LogP contribution in [0.1, 0.15) is 5.56 Å². The highest BCUT2D eigenvalue weighted by Gasteiger charge is 1.99. The van der Waals surface area contributed by atoms with E-state index in [2.05, 4.69) is 34.2 Å². The van der Waals surface area contributed by atoms with Crippen LogP contribution in [-0.4, -0.2) is 14.4 Å². The van der Waals surface area contributed by atoms with Gasteiger partial charge in [-0.15, -0.1) is 11.8 Å². The van der Waals surface area contributed by atoms with Gasteiger partial charge in [0.25, 0.3) is 0 Å². The zero-order chi connectivity index (χ0) is 11.5. The van der Waals surface area contributed by atoms with Gasteiger partial charge in [0.05, 0.1) is 6.20 Å². The summed E-state index contributed by atoms with van der Waals surface area (Å²) in [6.07, 6.45) is 7.52. The molecule has 3 aromatic rings. The molecule has 84 valence electrons. The van der Waals surface area contributed by atoms with E-state index in [1.165, 1.54) is 5.56 Å². The fourth-order valence-corrected chi connectivity index (χ4v) is 2.44. The molecule has 4 heteroatoms. The quantitative estimate of drug-likeness (QED) is 0.660. The molecule has 0 radical (unpaired) electrons. The summed E-state index contributed by atoms with van der Waals surface area (Å²) >= 11 is 1.73. The predicted molar refractivity (Wildman–Crippen MR) is 69.0 cm³/mol. The average molecular weight is 241 g/mol. The lowest BCUT2D eigenvalue weighted by Gasteiger charge is -2.01. The molecule has 0 saturated heterocycles. The fraction of sp³-hybridized carbons (Fsp3) is 0.0769. The van der Waals surface area contributed by atoms with Crippen molar-refractivity contribution >= 4 is 17.4 Å². The first-order valence-electron chi connectivity index (χ1n) is 5.37. The molecule has 17 heavy (non-hydrogen) atoms. The maximum atomic E-state index is 4.37. The summed E-state index contributed by atoms with van der Waals surface area (Å²) < 4.78 is 1.99. The van der Waals surface area contributed by atoms with Crippen LogP contribution in [0.25, 0.3) is 5.65 Å². The minimum atomic E-state index is 0.883. The van der Waals surface area contributed by atoms with Crippen molar-refractivity contribution in [1.29, 1.82) is 0 Å². The van der Waals surface area contributed by atoms with Gasteiger partial charge in [0, 0.05) is 24.3 Å². The smallest absolute Gasteiger partial charge is 0.155 e. The summed E-state index contributed by atoms with van der Waals surface area (Å²) in [5.41, 5.74) is 2.19. The molecule has 0 N–H and O–H groups in total. The van der Waals surface area contributed by atoms with E-state index in [1.54, 1.807) is 24.2 Å². The third-order valence-corrected chi connectivity index (χ3v) is 3.47. The molecule has 0 spiro atoms. The van der Waals surface area contributed by atoms with Crippen molar-refractivity contribution in [3.8, 4) is 0 Å². The summed E-state index contributed by atoms with van der Waals surface area (Å²) in [6, 6.07) is 10.4. The maximum Gasteiger partial charge on any atom is 0.155 e. The zero-order valence-electron chi connectivity index (χ0n) is 9.15. The highest BCUT2D eigenvalue weighted by atomic mass is 32.2. The molecule has 0 aliphatic rings. The van der Waals surface area contributed by atoms with Crippen LogP contribution >= 0.6 is 11.8 Å². The fourth-order valence-electron chi connectivity index (χ4n) is 1.61. The number of nitrogens with zero attached hydrogens (tertiary/aromatic N) is 3. The van der Waals surface area contributed by atoms with Crippen molar-refractivity contribution in [2.45, 2.75) is 10.8 Å². The summed E-state index contributed by atoms with van der Waals surface area (Å²) in [4.78, 5) is 8.54. The van der Waals surface area contributed by atoms with Crippen LogP contribution in [0.3, 0.4) is 0 Å². The third-order valence-electron chi connectivity index (χ3n) is 2.48. The number of hydrogen-bond acceptors (Lipinski definition) is 3. The second-order valence-corrected chi connectivity index (χ2v) is 4.69. The largest absolute Gasteiger partial charge is 0.303 e. The van der Waals surface area contributed by atoms with Gasteiger partial charge in [-0.05, 0) is 5.56 Å². The van der Waals surface area contributed by atoms with Gasteiger partial charge in [0.2, 0.25) is 0 Å². The minimum Gasteiger partial charge on any atom is -0.303 e. The van der Waals surface area contributed by atoms with Crippen molar-refractivity contribution in [2.75, 3.05) is 0 Å². The SMILES string of the molecule is c1ccc(CSc2cn3ccnc3cn2)cc1. The Labute approximate surface area is 104 Å². The van der Waals surface area contributed by atoms with E-state index >= 15 is 0 Å². The van der Waals surface area contributed by atoms with Crippen LogP contribution in [0.2, 0.25) is 0 Å². The molecule has 0 atom stereocenters. The van der Waals surface area contributed by atoms with Crippen LogP contribution in [0, 0.1) is 0 Å². The van der Waals surface area contributed by atoms with Crippen LogP contribution in [0.5, 0.6) is 0 Å². The summed E-state index contributed by atoms with van der Waals surface area (Å²) in [7, 11) is 0. The lowest BCUT2D eigenvalue weighted by atomic mass is 10.2. The lowest BCUT2D eigenvalue weighted by Crippen LogP contribution is -1.88. The Balaban J connectivity index is 1.76. The van der Waals surface area contributed by atoms with Crippen molar-refractivity contribution in [1.82, 2.24) is 14.4 Å². The van der Waals surface area contributed by atoms with Gasteiger partial charge in [0.1, 0.15) is 5.03 Å². The van der Waals surface area contributed by atoms with Gasteiger partial charge in [0.15, 0.2) is 5.65 Å². The van der Waals surface area contributed by atoms with Gasteiger partial charge in [-0.1, -0.05) is 30.3 Å². The molecule has 0 amide bonds. The second-order valence-electron chi connectivity index (χ2n) is 3.69. The zero-order valence-corrected chi connectivity index (χ0v) is 9.97. The number of benzene rings is 1. The molecule has 2 aromatic heterocycles. The second kappa shape index (κ2) is 4.59. The molecule has 0 saturated carbocycles. The van der Waals surface area contributed by atoms with E-state index in [9.17, 15) is 0 Å². The number of imidazole rings is 1. The van der Waals surface area contributed by atoms with Gasteiger partial charge >= 0.3 is 0 Å². The van der Waals surface area contributed by atoms with Crippen LogP contribution < -0.4 is 0 Å². The summed E-state index contributed by atoms with van der Waals surface area (Å²) in [6.45, 7) is 0. The van der Waals surface area contributed by atoms with E-state index in [-0.39, 0.29) is 0 Å². The highest BCUT2D eigenvalue weighted by Crippen LogP contribution is 2.20. The Kier molecular flexibility index (Phi) is 2.80. The normalized spacial score (nSPS) is 10.8. The average Bonchev–Trinajstić information content (AvgIpc) is 2.85. The first kappa shape index (κ1) is 10.4. The number of rotatable bonds is 3. The van der Waals surface area contributed by atoms with Crippen LogP contribution in [0.4, 0.5) is 0 Å². The molecule has 2 heterocycles. The van der Waals surface area contributed by atoms with E-state index in [1.807, 2.05) is 22.9 Å². The van der Waals surface area contributed by atoms with Gasteiger partial charge < -0.3 is 4.40 Å². The van der Waals surface area contributed by atoms with E-state index in [4.69, 9.17) is 0 Å². The van der Waals surface area contributed by atoms with Gasteiger partial charge in [-0.2, -0.15) is 0 Å². The first-order chi connectivity index (χ1) is 8.42. The molecule has 0 unspecified atom stereocenters. The first-order valence-corrected chi connectivity index (χ1v) is 6.36. The van der Waals surface area contributed by atoms with E-state index in [0.717, 1.165) is 16.4 Å². The summed E-state index contributed by atoms with van der Waals surface area (Å²) in [5.74, 6) is 0.939. The molecule has 0 bridgehead atoms. The van der Waals surface area contributed by atoms with Gasteiger partial charge in [-0.3, -0.25) is 0 Å². The molecule has 3 rings (SSSR count). The topological polar surface area (TPSA) is 30.2 Å². The molecule has 0 aliphatic heterocycles. The molecular formula is C13H11N3S. The van der Waals surface area contributed by atoms with Gasteiger partial charge in [-0.25, -0.2) is 9.97 Å². The molecule has 0 fully saturated rings. The van der Waals surface area contributed by atoms with Crippen molar-refractivity contribution < 1.29 is 0 Å². The van der Waals surface area contributed by atoms with Crippen molar-refractivity contribution in [2.24, 2.45) is 0 Å². The van der Waals surface area contributed by atoms with Crippen molar-refractivity contribution in [3.63, 3.8) is 0 Å². The predicted octanol–water partition coefficient (Wildman–Crippen LogP) is 3.02. The number of aromatic nitrogens is 3. The van der Waals surface area contributed by atoms with Crippen LogP contribution in [-0.2, 0) is 5.75 Å².